The Hall–Kier alpha value is -0.120. The molecule has 0 aromatic carbocycles. The quantitative estimate of drug-likeness (QED) is 0.723. The summed E-state index contributed by atoms with van der Waals surface area (Å²) >= 11 is 0. The molecule has 0 unspecified atom stereocenters. The Bertz CT molecular complexity index is 186. The minimum atomic E-state index is 0.430. The molecule has 2 aliphatic heterocycles. The third kappa shape index (κ3) is 2.27. The Morgan fingerprint density at radius 3 is 2.50 bits per heavy atom. The second-order valence-electron chi connectivity index (χ2n) is 5.20. The smallest absolute Gasteiger partial charge is 0.0554 e. The summed E-state index contributed by atoms with van der Waals surface area (Å²) in [4.78, 5) is 2.53. The predicted octanol–water partition coefficient (Wildman–Crippen LogP) is 0.707. The minimum absolute atomic E-state index is 0.430. The number of nitrogens with zero attached hydrogens (tertiary/aromatic N) is 1. The van der Waals surface area contributed by atoms with Crippen molar-refractivity contribution in [3.05, 3.63) is 0 Å². The molecule has 82 valence electrons. The first kappa shape index (κ1) is 10.4. The van der Waals surface area contributed by atoms with Crippen LogP contribution >= 0.6 is 0 Å². The van der Waals surface area contributed by atoms with Crippen LogP contribution in [0.1, 0.15) is 19.8 Å². The van der Waals surface area contributed by atoms with E-state index in [1.54, 1.807) is 0 Å². The maximum atomic E-state index is 5.29. The lowest BCUT2D eigenvalue weighted by Gasteiger charge is -2.43. The Morgan fingerprint density at radius 1 is 1.36 bits per heavy atom. The van der Waals surface area contributed by atoms with Crippen molar-refractivity contribution in [2.24, 2.45) is 5.41 Å². The normalized spacial score (nSPS) is 27.6. The first-order chi connectivity index (χ1) is 6.70. The van der Waals surface area contributed by atoms with E-state index in [1.807, 2.05) is 0 Å². The standard InChI is InChI=1S/C11H22N2O/c1-11(8-14-9-11)7-13(2)10-3-5-12-6-4-10/h10,12H,3-9H2,1-2H3. The number of ether oxygens (including phenoxy) is 1. The highest BCUT2D eigenvalue weighted by Gasteiger charge is 2.35. The highest BCUT2D eigenvalue weighted by Crippen LogP contribution is 2.28. The molecule has 0 bridgehead atoms. The molecule has 0 saturated carbocycles. The lowest BCUT2D eigenvalue weighted by molar-refractivity contribution is -0.117. The number of hydrogen-bond acceptors (Lipinski definition) is 3. The van der Waals surface area contributed by atoms with Crippen molar-refractivity contribution in [3.8, 4) is 0 Å². The number of piperidine rings is 1. The maximum absolute atomic E-state index is 5.29. The van der Waals surface area contributed by atoms with Gasteiger partial charge in [-0.1, -0.05) is 6.92 Å². The fraction of sp³-hybridized carbons (Fsp3) is 1.00. The zero-order valence-corrected chi connectivity index (χ0v) is 9.38. The van der Waals surface area contributed by atoms with E-state index in [0.717, 1.165) is 19.3 Å². The van der Waals surface area contributed by atoms with Gasteiger partial charge in [0, 0.05) is 18.0 Å². The average molecular weight is 198 g/mol. The molecule has 2 fully saturated rings. The monoisotopic (exact) mass is 198 g/mol. The van der Waals surface area contributed by atoms with Crippen molar-refractivity contribution >= 4 is 0 Å². The summed E-state index contributed by atoms with van der Waals surface area (Å²) in [6.07, 6.45) is 2.60. The molecule has 2 aliphatic rings. The van der Waals surface area contributed by atoms with Crippen LogP contribution in [-0.2, 0) is 4.74 Å². The van der Waals surface area contributed by atoms with E-state index in [9.17, 15) is 0 Å². The van der Waals surface area contributed by atoms with Gasteiger partial charge in [0.25, 0.3) is 0 Å². The van der Waals surface area contributed by atoms with Crippen LogP contribution in [-0.4, -0.2) is 50.8 Å². The summed E-state index contributed by atoms with van der Waals surface area (Å²) in [6.45, 7) is 7.78. The third-order valence-corrected chi connectivity index (χ3v) is 3.46. The molecule has 14 heavy (non-hydrogen) atoms. The molecule has 1 N–H and O–H groups in total. The summed E-state index contributed by atoms with van der Waals surface area (Å²) in [7, 11) is 2.26. The summed E-state index contributed by atoms with van der Waals surface area (Å²) < 4.78 is 5.29. The highest BCUT2D eigenvalue weighted by atomic mass is 16.5. The van der Waals surface area contributed by atoms with E-state index in [-0.39, 0.29) is 0 Å². The Labute approximate surface area is 86.8 Å². The Morgan fingerprint density at radius 2 is 2.00 bits per heavy atom. The maximum Gasteiger partial charge on any atom is 0.0554 e. The fourth-order valence-corrected chi connectivity index (χ4v) is 2.52. The highest BCUT2D eigenvalue weighted by molar-refractivity contribution is 4.86. The molecule has 3 nitrogen and oxygen atoms in total. The van der Waals surface area contributed by atoms with E-state index in [4.69, 9.17) is 4.74 Å². The van der Waals surface area contributed by atoms with Crippen molar-refractivity contribution in [1.29, 1.82) is 0 Å². The Balaban J connectivity index is 1.78. The molecule has 0 aromatic rings. The first-order valence-electron chi connectivity index (χ1n) is 5.68. The van der Waals surface area contributed by atoms with Gasteiger partial charge in [0.2, 0.25) is 0 Å². The molecule has 2 heterocycles. The molecular formula is C11H22N2O. The van der Waals surface area contributed by atoms with Crippen LogP contribution in [0.3, 0.4) is 0 Å². The zero-order chi connectivity index (χ0) is 10.0. The van der Waals surface area contributed by atoms with Crippen LogP contribution < -0.4 is 5.32 Å². The topological polar surface area (TPSA) is 24.5 Å². The summed E-state index contributed by atoms with van der Waals surface area (Å²) in [6, 6.07) is 0.786. The van der Waals surface area contributed by atoms with E-state index in [1.165, 1.54) is 32.5 Å². The zero-order valence-electron chi connectivity index (χ0n) is 9.38. The van der Waals surface area contributed by atoms with Gasteiger partial charge >= 0.3 is 0 Å². The van der Waals surface area contributed by atoms with Crippen LogP contribution in [0.25, 0.3) is 0 Å². The molecule has 0 amide bonds. The van der Waals surface area contributed by atoms with Gasteiger partial charge in [-0.3, -0.25) is 0 Å². The largest absolute Gasteiger partial charge is 0.380 e. The Kier molecular flexibility index (Phi) is 3.10. The van der Waals surface area contributed by atoms with Gasteiger partial charge in [-0.15, -0.1) is 0 Å². The number of hydrogen-bond donors (Lipinski definition) is 1. The van der Waals surface area contributed by atoms with Crippen LogP contribution in [0.4, 0.5) is 0 Å². The second-order valence-corrected chi connectivity index (χ2v) is 5.20. The van der Waals surface area contributed by atoms with E-state index in [0.29, 0.717) is 5.41 Å². The molecule has 0 radical (unpaired) electrons. The number of rotatable bonds is 3. The third-order valence-electron chi connectivity index (χ3n) is 3.46. The lowest BCUT2D eigenvalue weighted by Crippen LogP contribution is -2.51. The van der Waals surface area contributed by atoms with E-state index in [2.05, 4.69) is 24.2 Å². The van der Waals surface area contributed by atoms with Crippen molar-refractivity contribution in [3.63, 3.8) is 0 Å². The van der Waals surface area contributed by atoms with Gasteiger partial charge in [0.15, 0.2) is 0 Å². The van der Waals surface area contributed by atoms with Crippen molar-refractivity contribution < 1.29 is 4.74 Å². The fourth-order valence-electron chi connectivity index (χ4n) is 2.52. The molecular weight excluding hydrogens is 176 g/mol. The van der Waals surface area contributed by atoms with Gasteiger partial charge in [-0.2, -0.15) is 0 Å². The molecule has 2 saturated heterocycles. The predicted molar refractivity (Wildman–Crippen MR) is 57.4 cm³/mol. The van der Waals surface area contributed by atoms with Gasteiger partial charge in [-0.25, -0.2) is 0 Å². The van der Waals surface area contributed by atoms with Gasteiger partial charge in [-0.05, 0) is 33.0 Å². The van der Waals surface area contributed by atoms with E-state index < -0.39 is 0 Å². The van der Waals surface area contributed by atoms with Crippen LogP contribution in [0, 0.1) is 5.41 Å². The summed E-state index contributed by atoms with van der Waals surface area (Å²) in [5, 5.41) is 3.41. The minimum Gasteiger partial charge on any atom is -0.380 e. The second kappa shape index (κ2) is 4.17. The average Bonchev–Trinajstić information content (AvgIpc) is 2.17. The molecule has 2 rings (SSSR count). The van der Waals surface area contributed by atoms with Crippen molar-refractivity contribution in [1.82, 2.24) is 10.2 Å². The van der Waals surface area contributed by atoms with Gasteiger partial charge in [0.1, 0.15) is 0 Å². The van der Waals surface area contributed by atoms with Crippen molar-refractivity contribution in [2.45, 2.75) is 25.8 Å². The summed E-state index contributed by atoms with van der Waals surface area (Å²) in [5.41, 5.74) is 0.430. The first-order valence-corrected chi connectivity index (χ1v) is 5.68. The molecule has 0 aromatic heterocycles. The van der Waals surface area contributed by atoms with Crippen molar-refractivity contribution in [2.75, 3.05) is 39.9 Å². The molecule has 0 atom stereocenters. The molecule has 0 aliphatic carbocycles. The van der Waals surface area contributed by atoms with Crippen LogP contribution in [0.5, 0.6) is 0 Å². The van der Waals surface area contributed by atoms with E-state index >= 15 is 0 Å². The van der Waals surface area contributed by atoms with Gasteiger partial charge < -0.3 is 15.0 Å². The van der Waals surface area contributed by atoms with Crippen LogP contribution in [0.2, 0.25) is 0 Å². The molecule has 0 spiro atoms. The van der Waals surface area contributed by atoms with Crippen LogP contribution in [0.15, 0.2) is 0 Å². The van der Waals surface area contributed by atoms with Gasteiger partial charge in [0.05, 0.1) is 13.2 Å². The number of nitrogens with one attached hydrogen (secondary N) is 1. The SMILES string of the molecule is CN(CC1(C)COC1)C1CCNCC1. The molecule has 3 heteroatoms. The summed E-state index contributed by atoms with van der Waals surface area (Å²) in [5.74, 6) is 0. The lowest BCUT2D eigenvalue weighted by atomic mass is 9.87.